The molecule has 2 rings (SSSR count). The minimum absolute atomic E-state index is 0.0105. The predicted octanol–water partition coefficient (Wildman–Crippen LogP) is 4.00. The van der Waals surface area contributed by atoms with Crippen molar-refractivity contribution in [2.45, 2.75) is 39.3 Å². The smallest absolute Gasteiger partial charge is 0.315 e. The van der Waals surface area contributed by atoms with Crippen molar-refractivity contribution >= 4 is 16.8 Å². The maximum Gasteiger partial charge on any atom is 0.315 e. The van der Waals surface area contributed by atoms with Crippen LogP contribution in [-0.4, -0.2) is 12.1 Å². The fourth-order valence-electron chi connectivity index (χ4n) is 2.12. The predicted molar refractivity (Wildman–Crippen MR) is 83.8 cm³/mol. The maximum absolute atomic E-state index is 11.8. The van der Waals surface area contributed by atoms with E-state index in [0.717, 1.165) is 12.0 Å². The van der Waals surface area contributed by atoms with Crippen molar-refractivity contribution in [3.63, 3.8) is 0 Å². The molecule has 0 aliphatic heterocycles. The summed E-state index contributed by atoms with van der Waals surface area (Å²) in [7, 11) is 0. The van der Waals surface area contributed by atoms with Crippen molar-refractivity contribution < 1.29 is 4.79 Å². The van der Waals surface area contributed by atoms with Gasteiger partial charge in [0.1, 0.15) is 0 Å². The SMILES string of the molecule is CC[C@H](C)NC(=O)N[C@@H](C)c1ccc2ccccc2c1. The lowest BCUT2D eigenvalue weighted by atomic mass is 10.0. The molecule has 0 fully saturated rings. The van der Waals surface area contributed by atoms with E-state index in [-0.39, 0.29) is 18.1 Å². The number of benzene rings is 2. The molecule has 0 spiro atoms. The van der Waals surface area contributed by atoms with E-state index >= 15 is 0 Å². The summed E-state index contributed by atoms with van der Waals surface area (Å²) in [5.41, 5.74) is 1.11. The number of fused-ring (bicyclic) bond motifs is 1. The number of urea groups is 1. The van der Waals surface area contributed by atoms with Gasteiger partial charge in [-0.15, -0.1) is 0 Å². The Labute approximate surface area is 120 Å². The highest BCUT2D eigenvalue weighted by Gasteiger charge is 2.11. The molecule has 2 atom stereocenters. The van der Waals surface area contributed by atoms with Gasteiger partial charge in [0.15, 0.2) is 0 Å². The molecule has 0 aliphatic rings. The van der Waals surface area contributed by atoms with Gasteiger partial charge in [-0.05, 0) is 42.7 Å². The Hall–Kier alpha value is -2.03. The summed E-state index contributed by atoms with van der Waals surface area (Å²) in [5, 5.41) is 8.30. The van der Waals surface area contributed by atoms with Crippen LogP contribution < -0.4 is 10.6 Å². The zero-order valence-corrected chi connectivity index (χ0v) is 12.3. The summed E-state index contributed by atoms with van der Waals surface area (Å²) in [5.74, 6) is 0. The number of hydrogen-bond donors (Lipinski definition) is 2. The van der Waals surface area contributed by atoms with Crippen LogP contribution in [0.2, 0.25) is 0 Å². The van der Waals surface area contributed by atoms with Gasteiger partial charge in [-0.25, -0.2) is 4.79 Å². The lowest BCUT2D eigenvalue weighted by Crippen LogP contribution is -2.41. The Morgan fingerprint density at radius 2 is 1.75 bits per heavy atom. The van der Waals surface area contributed by atoms with Gasteiger partial charge in [0, 0.05) is 6.04 Å². The lowest BCUT2D eigenvalue weighted by Gasteiger charge is -2.18. The van der Waals surface area contributed by atoms with E-state index in [9.17, 15) is 4.79 Å². The molecule has 2 aromatic carbocycles. The molecular formula is C17H22N2O. The third kappa shape index (κ3) is 3.50. The standard InChI is InChI=1S/C17H22N2O/c1-4-12(2)18-17(20)19-13(3)15-10-9-14-7-5-6-8-16(14)11-15/h5-13H,4H2,1-3H3,(H2,18,19,20)/t12-,13-/m0/s1. The molecule has 106 valence electrons. The van der Waals surface area contributed by atoms with E-state index in [4.69, 9.17) is 0 Å². The van der Waals surface area contributed by atoms with Crippen LogP contribution in [-0.2, 0) is 0 Å². The average Bonchev–Trinajstić information content (AvgIpc) is 2.46. The first-order valence-electron chi connectivity index (χ1n) is 7.16. The molecule has 0 heterocycles. The summed E-state index contributed by atoms with van der Waals surface area (Å²) in [6.45, 7) is 6.05. The molecule has 3 nitrogen and oxygen atoms in total. The minimum atomic E-state index is -0.111. The Balaban J connectivity index is 2.07. The van der Waals surface area contributed by atoms with Crippen molar-refractivity contribution in [1.82, 2.24) is 10.6 Å². The molecule has 0 aromatic heterocycles. The van der Waals surface area contributed by atoms with Crippen LogP contribution in [0.3, 0.4) is 0 Å². The Morgan fingerprint density at radius 1 is 1.05 bits per heavy atom. The molecule has 0 bridgehead atoms. The van der Waals surface area contributed by atoms with Crippen molar-refractivity contribution in [2.24, 2.45) is 0 Å². The van der Waals surface area contributed by atoms with Crippen LogP contribution in [0.1, 0.15) is 38.8 Å². The Bertz CT molecular complexity index is 594. The number of hydrogen-bond acceptors (Lipinski definition) is 1. The molecule has 0 aliphatic carbocycles. The van der Waals surface area contributed by atoms with Crippen LogP contribution in [0.25, 0.3) is 10.8 Å². The lowest BCUT2D eigenvalue weighted by molar-refractivity contribution is 0.234. The van der Waals surface area contributed by atoms with Gasteiger partial charge in [-0.2, -0.15) is 0 Å². The number of amides is 2. The quantitative estimate of drug-likeness (QED) is 0.866. The normalized spacial score (nSPS) is 13.8. The van der Waals surface area contributed by atoms with Crippen LogP contribution in [0.5, 0.6) is 0 Å². The van der Waals surface area contributed by atoms with Crippen molar-refractivity contribution in [3.8, 4) is 0 Å². The van der Waals surface area contributed by atoms with E-state index < -0.39 is 0 Å². The van der Waals surface area contributed by atoms with E-state index in [1.807, 2.05) is 26.0 Å². The number of rotatable bonds is 4. The fraction of sp³-hybridized carbons (Fsp3) is 0.353. The summed E-state index contributed by atoms with van der Waals surface area (Å²) < 4.78 is 0. The monoisotopic (exact) mass is 270 g/mol. The van der Waals surface area contributed by atoms with Crippen molar-refractivity contribution in [2.75, 3.05) is 0 Å². The molecular weight excluding hydrogens is 248 g/mol. The van der Waals surface area contributed by atoms with Crippen LogP contribution in [0.15, 0.2) is 42.5 Å². The van der Waals surface area contributed by atoms with Gasteiger partial charge in [0.25, 0.3) is 0 Å². The largest absolute Gasteiger partial charge is 0.336 e. The van der Waals surface area contributed by atoms with Gasteiger partial charge in [-0.3, -0.25) is 0 Å². The average molecular weight is 270 g/mol. The second-order valence-corrected chi connectivity index (χ2v) is 5.26. The summed E-state index contributed by atoms with van der Waals surface area (Å²) in [6, 6.07) is 14.6. The summed E-state index contributed by atoms with van der Waals surface area (Å²) in [6.07, 6.45) is 0.928. The van der Waals surface area contributed by atoms with Crippen LogP contribution in [0.4, 0.5) is 4.79 Å². The second kappa shape index (κ2) is 6.42. The van der Waals surface area contributed by atoms with E-state index in [0.29, 0.717) is 0 Å². The first-order valence-corrected chi connectivity index (χ1v) is 7.16. The van der Waals surface area contributed by atoms with Gasteiger partial charge in [0.05, 0.1) is 6.04 Å². The zero-order chi connectivity index (χ0) is 14.5. The Morgan fingerprint density at radius 3 is 2.45 bits per heavy atom. The molecule has 2 N–H and O–H groups in total. The highest BCUT2D eigenvalue weighted by Crippen LogP contribution is 2.20. The maximum atomic E-state index is 11.8. The Kier molecular flexibility index (Phi) is 4.61. The molecule has 0 saturated heterocycles. The van der Waals surface area contributed by atoms with E-state index in [1.54, 1.807) is 0 Å². The molecule has 0 radical (unpaired) electrons. The van der Waals surface area contributed by atoms with Gasteiger partial charge in [-0.1, -0.05) is 43.3 Å². The molecule has 0 saturated carbocycles. The summed E-state index contributed by atoms with van der Waals surface area (Å²) in [4.78, 5) is 11.8. The number of carbonyl (C=O) groups excluding carboxylic acids is 1. The molecule has 2 amide bonds. The van der Waals surface area contributed by atoms with Crippen molar-refractivity contribution in [3.05, 3.63) is 48.0 Å². The van der Waals surface area contributed by atoms with Gasteiger partial charge >= 0.3 is 6.03 Å². The van der Waals surface area contributed by atoms with E-state index in [1.165, 1.54) is 10.8 Å². The van der Waals surface area contributed by atoms with Gasteiger partial charge < -0.3 is 10.6 Å². The number of carbonyl (C=O) groups is 1. The first-order chi connectivity index (χ1) is 9.60. The number of nitrogens with one attached hydrogen (secondary N) is 2. The van der Waals surface area contributed by atoms with E-state index in [2.05, 4.69) is 47.9 Å². The third-order valence-corrected chi connectivity index (χ3v) is 3.61. The second-order valence-electron chi connectivity index (χ2n) is 5.26. The first kappa shape index (κ1) is 14.4. The molecule has 20 heavy (non-hydrogen) atoms. The molecule has 0 unspecified atom stereocenters. The highest BCUT2D eigenvalue weighted by atomic mass is 16.2. The fourth-order valence-corrected chi connectivity index (χ4v) is 2.12. The highest BCUT2D eigenvalue weighted by molar-refractivity contribution is 5.83. The topological polar surface area (TPSA) is 41.1 Å². The molecule has 2 aromatic rings. The van der Waals surface area contributed by atoms with Crippen molar-refractivity contribution in [1.29, 1.82) is 0 Å². The van der Waals surface area contributed by atoms with Gasteiger partial charge in [0.2, 0.25) is 0 Å². The molecule has 3 heteroatoms. The third-order valence-electron chi connectivity index (χ3n) is 3.61. The summed E-state index contributed by atoms with van der Waals surface area (Å²) >= 11 is 0. The van der Waals surface area contributed by atoms with Crippen LogP contribution in [0, 0.1) is 0 Å². The minimum Gasteiger partial charge on any atom is -0.336 e. The van der Waals surface area contributed by atoms with Crippen LogP contribution >= 0.6 is 0 Å². The zero-order valence-electron chi connectivity index (χ0n) is 12.3.